The first kappa shape index (κ1) is 15.5. The first-order chi connectivity index (χ1) is 11.3. The molecule has 1 heteroatoms. The first-order valence-corrected chi connectivity index (χ1v) is 8.20. The number of hydrogen-bond donors (Lipinski definition) is 0. The lowest BCUT2D eigenvalue weighted by Crippen LogP contribution is -2.18. The van der Waals surface area contributed by atoms with Gasteiger partial charge in [-0.2, -0.15) is 0 Å². The Kier molecular flexibility index (Phi) is 5.23. The van der Waals surface area contributed by atoms with E-state index in [1.807, 2.05) is 0 Å². The van der Waals surface area contributed by atoms with Crippen LogP contribution < -0.4 is 0 Å². The van der Waals surface area contributed by atoms with Crippen LogP contribution in [0.15, 0.2) is 78.9 Å². The molecule has 3 rings (SSSR count). The molecule has 0 heterocycles. The van der Waals surface area contributed by atoms with Gasteiger partial charge in [-0.05, 0) is 35.4 Å². The van der Waals surface area contributed by atoms with Crippen molar-refractivity contribution < 1.29 is 0 Å². The van der Waals surface area contributed by atoms with Gasteiger partial charge >= 0.3 is 0 Å². The van der Waals surface area contributed by atoms with Gasteiger partial charge in [-0.25, -0.2) is 0 Å². The van der Waals surface area contributed by atoms with Crippen LogP contribution in [0.1, 0.15) is 17.5 Å². The summed E-state index contributed by atoms with van der Waals surface area (Å²) in [5, 5.41) is 2.68. The van der Waals surface area contributed by atoms with E-state index in [1.54, 1.807) is 0 Å². The highest BCUT2D eigenvalue weighted by atomic mass is 15.1. The van der Waals surface area contributed by atoms with Crippen LogP contribution in [0.25, 0.3) is 16.8 Å². The quantitative estimate of drug-likeness (QED) is 0.591. The van der Waals surface area contributed by atoms with Crippen molar-refractivity contribution in [1.82, 2.24) is 4.90 Å². The van der Waals surface area contributed by atoms with Gasteiger partial charge in [-0.1, -0.05) is 84.9 Å². The summed E-state index contributed by atoms with van der Waals surface area (Å²) in [5.74, 6) is 0. The molecular formula is C22H23N. The molecule has 0 spiro atoms. The van der Waals surface area contributed by atoms with E-state index >= 15 is 0 Å². The van der Waals surface area contributed by atoms with Crippen LogP contribution in [0.4, 0.5) is 0 Å². The molecule has 1 nitrogen and oxygen atoms in total. The van der Waals surface area contributed by atoms with Gasteiger partial charge in [0.25, 0.3) is 0 Å². The average Bonchev–Trinajstić information content (AvgIpc) is 2.60. The zero-order chi connectivity index (χ0) is 15.9. The van der Waals surface area contributed by atoms with E-state index in [-0.39, 0.29) is 0 Å². The van der Waals surface area contributed by atoms with E-state index in [1.165, 1.54) is 21.9 Å². The van der Waals surface area contributed by atoms with Crippen molar-refractivity contribution in [2.24, 2.45) is 0 Å². The molecule has 0 aliphatic heterocycles. The minimum Gasteiger partial charge on any atom is -0.302 e. The predicted molar refractivity (Wildman–Crippen MR) is 100 cm³/mol. The van der Waals surface area contributed by atoms with Gasteiger partial charge in [0.15, 0.2) is 0 Å². The molecule has 0 aliphatic rings. The molecule has 0 unspecified atom stereocenters. The number of hydrogen-bond acceptors (Lipinski definition) is 1. The maximum atomic E-state index is 2.39. The van der Waals surface area contributed by atoms with Crippen LogP contribution in [-0.4, -0.2) is 18.5 Å². The molecule has 0 fully saturated rings. The van der Waals surface area contributed by atoms with Gasteiger partial charge in [0.05, 0.1) is 0 Å². The molecule has 0 radical (unpaired) electrons. The van der Waals surface area contributed by atoms with Crippen molar-refractivity contribution in [2.45, 2.75) is 13.0 Å². The molecular weight excluding hydrogens is 278 g/mol. The fourth-order valence-corrected chi connectivity index (χ4v) is 2.88. The smallest absolute Gasteiger partial charge is 0.0236 e. The molecule has 3 aromatic carbocycles. The average molecular weight is 301 g/mol. The minimum atomic E-state index is 0.987. The summed E-state index contributed by atoms with van der Waals surface area (Å²) in [5.41, 5.74) is 2.67. The highest BCUT2D eigenvalue weighted by Crippen LogP contribution is 2.19. The van der Waals surface area contributed by atoms with Crippen LogP contribution in [0.5, 0.6) is 0 Å². The third kappa shape index (κ3) is 4.30. The molecule has 116 valence electrons. The van der Waals surface area contributed by atoms with E-state index in [0.717, 1.165) is 19.5 Å². The third-order valence-electron chi connectivity index (χ3n) is 4.11. The predicted octanol–water partition coefficient (Wildman–Crippen LogP) is 5.38. The summed E-state index contributed by atoms with van der Waals surface area (Å²) in [7, 11) is 2.19. The van der Waals surface area contributed by atoms with E-state index in [9.17, 15) is 0 Å². The summed E-state index contributed by atoms with van der Waals surface area (Å²) in [6.45, 7) is 2.05. The Labute approximate surface area is 138 Å². The van der Waals surface area contributed by atoms with Crippen molar-refractivity contribution in [2.75, 3.05) is 13.6 Å². The number of rotatable bonds is 6. The molecule has 0 aliphatic carbocycles. The van der Waals surface area contributed by atoms with Gasteiger partial charge in [0.2, 0.25) is 0 Å². The second-order valence-electron chi connectivity index (χ2n) is 5.98. The van der Waals surface area contributed by atoms with Gasteiger partial charge in [0.1, 0.15) is 0 Å². The van der Waals surface area contributed by atoms with Gasteiger partial charge in [-0.15, -0.1) is 0 Å². The molecule has 0 saturated carbocycles. The SMILES string of the molecule is CN(CC/C=C/c1ccccc1)Cc1cccc2ccccc12. The van der Waals surface area contributed by atoms with E-state index in [4.69, 9.17) is 0 Å². The lowest BCUT2D eigenvalue weighted by atomic mass is 10.0. The number of nitrogens with zero attached hydrogens (tertiary/aromatic N) is 1. The largest absolute Gasteiger partial charge is 0.302 e. The number of benzene rings is 3. The van der Waals surface area contributed by atoms with Gasteiger partial charge < -0.3 is 4.90 Å². The lowest BCUT2D eigenvalue weighted by molar-refractivity contribution is 0.335. The second kappa shape index (κ2) is 7.75. The van der Waals surface area contributed by atoms with Crippen LogP contribution in [-0.2, 0) is 6.54 Å². The molecule has 0 N–H and O–H groups in total. The Bertz CT molecular complexity index is 769. The van der Waals surface area contributed by atoms with Crippen molar-refractivity contribution >= 4 is 16.8 Å². The van der Waals surface area contributed by atoms with Crippen LogP contribution in [0.2, 0.25) is 0 Å². The molecule has 3 aromatic rings. The minimum absolute atomic E-state index is 0.987. The second-order valence-corrected chi connectivity index (χ2v) is 5.98. The first-order valence-electron chi connectivity index (χ1n) is 8.20. The lowest BCUT2D eigenvalue weighted by Gasteiger charge is -2.17. The Morgan fingerprint density at radius 1 is 0.826 bits per heavy atom. The van der Waals surface area contributed by atoms with Gasteiger partial charge in [-0.3, -0.25) is 0 Å². The van der Waals surface area contributed by atoms with E-state index in [2.05, 4.69) is 96.9 Å². The van der Waals surface area contributed by atoms with E-state index < -0.39 is 0 Å². The van der Waals surface area contributed by atoms with Crippen LogP contribution in [0.3, 0.4) is 0 Å². The standard InChI is InChI=1S/C22H23N/c1-23(17-8-7-12-19-10-3-2-4-11-19)18-21-15-9-14-20-13-5-6-16-22(20)21/h2-7,9-16H,8,17-18H2,1H3/b12-7+. The Morgan fingerprint density at radius 2 is 1.57 bits per heavy atom. The third-order valence-corrected chi connectivity index (χ3v) is 4.11. The van der Waals surface area contributed by atoms with Crippen LogP contribution in [0, 0.1) is 0 Å². The zero-order valence-corrected chi connectivity index (χ0v) is 13.7. The van der Waals surface area contributed by atoms with Crippen molar-refractivity contribution in [3.05, 3.63) is 90.0 Å². The molecule has 0 aromatic heterocycles. The highest BCUT2D eigenvalue weighted by Gasteiger charge is 2.03. The summed E-state index contributed by atoms with van der Waals surface area (Å²) < 4.78 is 0. The van der Waals surface area contributed by atoms with Crippen LogP contribution >= 0.6 is 0 Å². The normalized spacial score (nSPS) is 11.6. The Hall–Kier alpha value is -2.38. The maximum absolute atomic E-state index is 2.39. The molecule has 23 heavy (non-hydrogen) atoms. The van der Waals surface area contributed by atoms with Crippen molar-refractivity contribution in [3.63, 3.8) is 0 Å². The monoisotopic (exact) mass is 301 g/mol. The van der Waals surface area contributed by atoms with Crippen molar-refractivity contribution in [1.29, 1.82) is 0 Å². The highest BCUT2D eigenvalue weighted by molar-refractivity contribution is 5.85. The maximum Gasteiger partial charge on any atom is 0.0236 e. The topological polar surface area (TPSA) is 3.24 Å². The summed E-state index contributed by atoms with van der Waals surface area (Å²) in [6.07, 6.45) is 5.52. The summed E-state index contributed by atoms with van der Waals surface area (Å²) in [4.78, 5) is 2.39. The summed E-state index contributed by atoms with van der Waals surface area (Å²) in [6, 6.07) is 25.7. The molecule has 0 amide bonds. The fourth-order valence-electron chi connectivity index (χ4n) is 2.88. The molecule has 0 saturated heterocycles. The number of fused-ring (bicyclic) bond motifs is 1. The molecule has 0 atom stereocenters. The Morgan fingerprint density at radius 3 is 2.43 bits per heavy atom. The zero-order valence-electron chi connectivity index (χ0n) is 13.7. The van der Waals surface area contributed by atoms with Crippen molar-refractivity contribution in [3.8, 4) is 0 Å². The molecule has 0 bridgehead atoms. The Balaban J connectivity index is 1.57. The summed E-state index contributed by atoms with van der Waals surface area (Å²) >= 11 is 0. The fraction of sp³-hybridized carbons (Fsp3) is 0.182. The van der Waals surface area contributed by atoms with Gasteiger partial charge in [0, 0.05) is 13.1 Å². The van der Waals surface area contributed by atoms with E-state index in [0.29, 0.717) is 0 Å².